The molecule has 0 saturated heterocycles. The van der Waals surface area contributed by atoms with Crippen molar-refractivity contribution in [1.29, 1.82) is 0 Å². The zero-order chi connectivity index (χ0) is 13.9. The Morgan fingerprint density at radius 2 is 1.74 bits per heavy atom. The Kier molecular flexibility index (Phi) is 4.19. The van der Waals surface area contributed by atoms with E-state index in [1.807, 2.05) is 0 Å². The topological polar surface area (TPSA) is 44.5 Å². The van der Waals surface area contributed by atoms with Crippen molar-refractivity contribution >= 4 is 0 Å². The van der Waals surface area contributed by atoms with E-state index in [1.54, 1.807) is 0 Å². The maximum absolute atomic E-state index is 13.0. The molecule has 0 aliphatic carbocycles. The molecular formula is C13H16F3NO2. The summed E-state index contributed by atoms with van der Waals surface area (Å²) < 4.78 is 49.8. The molecule has 1 heterocycles. The van der Waals surface area contributed by atoms with E-state index in [-0.39, 0.29) is 17.7 Å². The van der Waals surface area contributed by atoms with Gasteiger partial charge >= 0.3 is 6.18 Å². The van der Waals surface area contributed by atoms with Crippen LogP contribution in [0, 0.1) is 0 Å². The molecule has 1 aromatic carbocycles. The molecule has 0 spiro atoms. The first-order chi connectivity index (χ1) is 9.02. The number of ether oxygens (including phenoxy) is 2. The van der Waals surface area contributed by atoms with Gasteiger partial charge in [-0.15, -0.1) is 0 Å². The fraction of sp³-hybridized carbons (Fsp3) is 0.538. The lowest BCUT2D eigenvalue weighted by atomic mass is 10.0. The summed E-state index contributed by atoms with van der Waals surface area (Å²) in [5, 5.41) is 0. The van der Waals surface area contributed by atoms with Crippen LogP contribution in [0.3, 0.4) is 0 Å². The molecule has 2 rings (SSSR count). The molecule has 19 heavy (non-hydrogen) atoms. The van der Waals surface area contributed by atoms with Gasteiger partial charge in [0.25, 0.3) is 0 Å². The molecule has 0 atom stereocenters. The van der Waals surface area contributed by atoms with Crippen LogP contribution in [0.4, 0.5) is 13.2 Å². The Morgan fingerprint density at radius 3 is 2.32 bits per heavy atom. The molecule has 1 aliphatic rings. The van der Waals surface area contributed by atoms with Gasteiger partial charge in [-0.25, -0.2) is 0 Å². The summed E-state index contributed by atoms with van der Waals surface area (Å²) in [5.41, 5.74) is 4.91. The number of rotatable bonds is 3. The summed E-state index contributed by atoms with van der Waals surface area (Å²) in [6.45, 7) is 1.17. The van der Waals surface area contributed by atoms with Gasteiger partial charge in [-0.1, -0.05) is 0 Å². The standard InChI is InChI=1S/C13H16F3NO2/c14-13(15,16)10-8-12-11(18-5-2-6-19-12)7-9(10)3-1-4-17/h7-8H,1-6,17H2. The van der Waals surface area contributed by atoms with Crippen molar-refractivity contribution in [2.24, 2.45) is 5.73 Å². The highest BCUT2D eigenvalue weighted by atomic mass is 19.4. The third kappa shape index (κ3) is 3.32. The van der Waals surface area contributed by atoms with E-state index in [9.17, 15) is 13.2 Å². The SMILES string of the molecule is NCCCc1cc2c(cc1C(F)(F)F)OCCCO2. The van der Waals surface area contributed by atoms with E-state index in [2.05, 4.69) is 0 Å². The summed E-state index contributed by atoms with van der Waals surface area (Å²) in [6, 6.07) is 2.46. The van der Waals surface area contributed by atoms with Crippen molar-refractivity contribution in [3.8, 4) is 11.5 Å². The lowest BCUT2D eigenvalue weighted by Gasteiger charge is -2.16. The molecule has 0 amide bonds. The van der Waals surface area contributed by atoms with Gasteiger partial charge in [0.15, 0.2) is 11.5 Å². The molecule has 0 saturated carbocycles. The summed E-state index contributed by atoms with van der Waals surface area (Å²) >= 11 is 0. The summed E-state index contributed by atoms with van der Waals surface area (Å²) in [6.07, 6.45) is -2.95. The minimum absolute atomic E-state index is 0.168. The number of aryl methyl sites for hydroxylation is 1. The van der Waals surface area contributed by atoms with Crippen molar-refractivity contribution in [2.75, 3.05) is 19.8 Å². The van der Waals surface area contributed by atoms with Crippen LogP contribution in [0.1, 0.15) is 24.0 Å². The van der Waals surface area contributed by atoms with Gasteiger partial charge in [0.2, 0.25) is 0 Å². The van der Waals surface area contributed by atoms with Gasteiger partial charge in [0, 0.05) is 6.42 Å². The Hall–Kier alpha value is -1.43. The molecular weight excluding hydrogens is 259 g/mol. The molecule has 0 aromatic heterocycles. The predicted octanol–water partition coefficient (Wildman–Crippen LogP) is 2.76. The Bertz CT molecular complexity index is 446. The van der Waals surface area contributed by atoms with E-state index in [0.717, 1.165) is 6.07 Å². The number of benzene rings is 1. The van der Waals surface area contributed by atoms with E-state index in [0.29, 0.717) is 38.3 Å². The normalized spacial score (nSPS) is 15.2. The van der Waals surface area contributed by atoms with Gasteiger partial charge in [-0.05, 0) is 37.1 Å². The quantitative estimate of drug-likeness (QED) is 0.922. The molecule has 1 aromatic rings. The number of alkyl halides is 3. The zero-order valence-electron chi connectivity index (χ0n) is 10.4. The van der Waals surface area contributed by atoms with Crippen LogP contribution in [0.25, 0.3) is 0 Å². The number of hydrogen-bond donors (Lipinski definition) is 1. The van der Waals surface area contributed by atoms with Crippen molar-refractivity contribution in [3.05, 3.63) is 23.3 Å². The fourth-order valence-corrected chi connectivity index (χ4v) is 2.01. The van der Waals surface area contributed by atoms with Crippen LogP contribution in [0.2, 0.25) is 0 Å². The van der Waals surface area contributed by atoms with Crippen LogP contribution in [0.15, 0.2) is 12.1 Å². The minimum Gasteiger partial charge on any atom is -0.490 e. The van der Waals surface area contributed by atoms with Gasteiger partial charge in [-0.2, -0.15) is 13.2 Å². The highest BCUT2D eigenvalue weighted by Crippen LogP contribution is 2.40. The zero-order valence-corrected chi connectivity index (χ0v) is 10.4. The molecule has 0 fully saturated rings. The Balaban J connectivity index is 2.41. The number of hydrogen-bond acceptors (Lipinski definition) is 3. The van der Waals surface area contributed by atoms with E-state index in [1.165, 1.54) is 6.07 Å². The van der Waals surface area contributed by atoms with Crippen molar-refractivity contribution in [3.63, 3.8) is 0 Å². The number of nitrogens with two attached hydrogens (primary N) is 1. The predicted molar refractivity (Wildman–Crippen MR) is 64.4 cm³/mol. The molecule has 0 unspecified atom stereocenters. The first kappa shape index (κ1) is 14.0. The molecule has 106 valence electrons. The van der Waals surface area contributed by atoms with Crippen molar-refractivity contribution < 1.29 is 22.6 Å². The molecule has 3 nitrogen and oxygen atoms in total. The average molecular weight is 275 g/mol. The summed E-state index contributed by atoms with van der Waals surface area (Å²) in [5.74, 6) is 0.554. The number of fused-ring (bicyclic) bond motifs is 1. The molecule has 2 N–H and O–H groups in total. The number of halogens is 3. The fourth-order valence-electron chi connectivity index (χ4n) is 2.01. The first-order valence-electron chi connectivity index (χ1n) is 6.22. The minimum atomic E-state index is -4.39. The van der Waals surface area contributed by atoms with Gasteiger partial charge in [-0.3, -0.25) is 0 Å². The molecule has 1 aliphatic heterocycles. The molecule has 0 bridgehead atoms. The van der Waals surface area contributed by atoms with Crippen LogP contribution in [-0.2, 0) is 12.6 Å². The smallest absolute Gasteiger partial charge is 0.416 e. The largest absolute Gasteiger partial charge is 0.490 e. The van der Waals surface area contributed by atoms with Crippen LogP contribution in [0.5, 0.6) is 11.5 Å². The summed E-state index contributed by atoms with van der Waals surface area (Å²) in [7, 11) is 0. The maximum Gasteiger partial charge on any atom is 0.416 e. The monoisotopic (exact) mass is 275 g/mol. The van der Waals surface area contributed by atoms with Crippen LogP contribution in [-0.4, -0.2) is 19.8 Å². The van der Waals surface area contributed by atoms with Gasteiger partial charge in [0.1, 0.15) is 0 Å². The van der Waals surface area contributed by atoms with E-state index in [4.69, 9.17) is 15.2 Å². The second-order valence-electron chi connectivity index (χ2n) is 4.40. The highest BCUT2D eigenvalue weighted by molar-refractivity contribution is 5.49. The molecule has 6 heteroatoms. The Morgan fingerprint density at radius 1 is 1.11 bits per heavy atom. The van der Waals surface area contributed by atoms with Gasteiger partial charge in [0.05, 0.1) is 18.8 Å². The van der Waals surface area contributed by atoms with Crippen LogP contribution < -0.4 is 15.2 Å². The molecule has 0 radical (unpaired) electrons. The average Bonchev–Trinajstić information content (AvgIpc) is 2.58. The second-order valence-corrected chi connectivity index (χ2v) is 4.40. The summed E-state index contributed by atoms with van der Waals surface area (Å²) in [4.78, 5) is 0. The maximum atomic E-state index is 13.0. The third-order valence-electron chi connectivity index (χ3n) is 2.93. The second kappa shape index (κ2) is 5.69. The van der Waals surface area contributed by atoms with Crippen molar-refractivity contribution in [1.82, 2.24) is 0 Å². The van der Waals surface area contributed by atoms with Crippen molar-refractivity contribution in [2.45, 2.75) is 25.4 Å². The first-order valence-corrected chi connectivity index (χ1v) is 6.22. The van der Waals surface area contributed by atoms with E-state index >= 15 is 0 Å². The van der Waals surface area contributed by atoms with Gasteiger partial charge < -0.3 is 15.2 Å². The highest BCUT2D eigenvalue weighted by Gasteiger charge is 2.34. The third-order valence-corrected chi connectivity index (χ3v) is 2.93. The Labute approximate surface area is 109 Å². The lowest BCUT2D eigenvalue weighted by molar-refractivity contribution is -0.138. The van der Waals surface area contributed by atoms with Crippen LogP contribution >= 0.6 is 0 Å². The lowest BCUT2D eigenvalue weighted by Crippen LogP contribution is -2.11. The van der Waals surface area contributed by atoms with E-state index < -0.39 is 11.7 Å².